The number of nitrogens with one attached hydrogen (secondary N) is 1. The van der Waals surface area contributed by atoms with Crippen LogP contribution in [0.15, 0.2) is 104 Å². The Bertz CT molecular complexity index is 1310. The van der Waals surface area contributed by atoms with Crippen molar-refractivity contribution in [2.24, 2.45) is 0 Å². The summed E-state index contributed by atoms with van der Waals surface area (Å²) in [6.07, 6.45) is 7.59. The van der Waals surface area contributed by atoms with Crippen LogP contribution in [0.25, 0.3) is 11.1 Å². The number of hydrogen-bond donors (Lipinski definition) is 1. The molecule has 6 nitrogen and oxygen atoms in total. The molecule has 0 aliphatic rings. The van der Waals surface area contributed by atoms with Gasteiger partial charge in [-0.15, -0.1) is 13.2 Å². The van der Waals surface area contributed by atoms with E-state index in [9.17, 15) is 9.59 Å². The zero-order chi connectivity index (χ0) is 28.0. The van der Waals surface area contributed by atoms with Gasteiger partial charge >= 0.3 is 11.9 Å². The number of rotatable bonds is 14. The summed E-state index contributed by atoms with van der Waals surface area (Å²) in [6.45, 7) is 8.50. The maximum atomic E-state index is 12.6. The van der Waals surface area contributed by atoms with Gasteiger partial charge in [-0.05, 0) is 67.4 Å². The average molecular weight is 526 g/mol. The monoisotopic (exact) mass is 525 g/mol. The van der Waals surface area contributed by atoms with Gasteiger partial charge < -0.3 is 19.5 Å². The summed E-state index contributed by atoms with van der Waals surface area (Å²) in [5.41, 5.74) is 4.57. The molecule has 0 bridgehead atoms. The summed E-state index contributed by atoms with van der Waals surface area (Å²) < 4.78 is 16.9. The Hall–Kier alpha value is -4.42. The highest BCUT2D eigenvalue weighted by Gasteiger charge is 2.20. The lowest BCUT2D eigenvalue weighted by molar-refractivity contribution is -0.135. The van der Waals surface area contributed by atoms with Gasteiger partial charge in [-0.2, -0.15) is 0 Å². The number of esters is 2. The fraction of sp³-hybridized carbons (Fsp3) is 0.212. The summed E-state index contributed by atoms with van der Waals surface area (Å²) >= 11 is 0. The molecule has 0 aromatic heterocycles. The van der Waals surface area contributed by atoms with E-state index in [1.165, 1.54) is 7.11 Å². The highest BCUT2D eigenvalue weighted by atomic mass is 16.5. The summed E-state index contributed by atoms with van der Waals surface area (Å²) in [7, 11) is 3.16. The van der Waals surface area contributed by atoms with E-state index in [1.807, 2.05) is 67.7 Å². The first-order valence-electron chi connectivity index (χ1n) is 12.8. The fourth-order valence-electron chi connectivity index (χ4n) is 4.09. The van der Waals surface area contributed by atoms with Gasteiger partial charge in [-0.1, -0.05) is 54.6 Å². The molecule has 0 aliphatic carbocycles. The zero-order valence-corrected chi connectivity index (χ0v) is 22.5. The maximum absolute atomic E-state index is 12.6. The lowest BCUT2D eigenvalue weighted by Crippen LogP contribution is -2.16. The molecule has 1 N–H and O–H groups in total. The maximum Gasteiger partial charge on any atom is 0.336 e. The van der Waals surface area contributed by atoms with E-state index in [2.05, 4.69) is 35.3 Å². The van der Waals surface area contributed by atoms with Gasteiger partial charge in [0, 0.05) is 29.7 Å². The van der Waals surface area contributed by atoms with Crippen LogP contribution in [-0.4, -0.2) is 32.6 Å². The van der Waals surface area contributed by atoms with E-state index in [0.29, 0.717) is 29.9 Å². The van der Waals surface area contributed by atoms with Crippen molar-refractivity contribution in [1.82, 2.24) is 5.32 Å². The second-order valence-corrected chi connectivity index (χ2v) is 8.83. The highest BCUT2D eigenvalue weighted by molar-refractivity contribution is 5.93. The molecule has 1 unspecified atom stereocenters. The van der Waals surface area contributed by atoms with Crippen molar-refractivity contribution in [3.8, 4) is 22.6 Å². The summed E-state index contributed by atoms with van der Waals surface area (Å²) in [4.78, 5) is 24.0. The Labute approximate surface area is 230 Å². The summed E-state index contributed by atoms with van der Waals surface area (Å²) in [6, 6.07) is 21.7. The molecule has 0 saturated heterocycles. The third kappa shape index (κ3) is 8.55. The molecule has 0 saturated carbocycles. The van der Waals surface area contributed by atoms with E-state index in [1.54, 1.807) is 6.07 Å². The average Bonchev–Trinajstić information content (AvgIpc) is 2.96. The predicted octanol–water partition coefficient (Wildman–Crippen LogP) is 6.17. The molecule has 1 atom stereocenters. The molecule has 0 amide bonds. The Kier molecular flexibility index (Phi) is 11.3. The normalized spacial score (nSPS) is 11.5. The van der Waals surface area contributed by atoms with Crippen molar-refractivity contribution in [1.29, 1.82) is 0 Å². The summed E-state index contributed by atoms with van der Waals surface area (Å²) in [5.74, 6) is -0.339. The van der Waals surface area contributed by atoms with Crippen LogP contribution in [0.2, 0.25) is 0 Å². The Morgan fingerprint density at radius 3 is 2.03 bits per heavy atom. The molecule has 39 heavy (non-hydrogen) atoms. The van der Waals surface area contributed by atoms with Crippen molar-refractivity contribution in [2.75, 3.05) is 20.7 Å². The summed E-state index contributed by atoms with van der Waals surface area (Å²) in [5, 5.41) is 3.20. The van der Waals surface area contributed by atoms with Crippen LogP contribution < -0.4 is 14.8 Å². The van der Waals surface area contributed by atoms with Gasteiger partial charge in [0.1, 0.15) is 17.6 Å². The number of methoxy groups -OCH3 is 1. The molecule has 0 radical (unpaired) electrons. The first-order chi connectivity index (χ1) is 19.0. The van der Waals surface area contributed by atoms with E-state index in [0.717, 1.165) is 47.4 Å². The van der Waals surface area contributed by atoms with Crippen molar-refractivity contribution >= 4 is 11.9 Å². The third-order valence-electron chi connectivity index (χ3n) is 6.00. The topological polar surface area (TPSA) is 73.9 Å². The lowest BCUT2D eigenvalue weighted by atomic mass is 9.96. The predicted molar refractivity (Wildman–Crippen MR) is 155 cm³/mol. The van der Waals surface area contributed by atoms with Crippen molar-refractivity contribution < 1.29 is 23.8 Å². The second-order valence-electron chi connectivity index (χ2n) is 8.83. The minimum atomic E-state index is -0.695. The Morgan fingerprint density at radius 1 is 0.846 bits per heavy atom. The van der Waals surface area contributed by atoms with Crippen LogP contribution in [-0.2, 0) is 27.2 Å². The Morgan fingerprint density at radius 2 is 1.44 bits per heavy atom. The lowest BCUT2D eigenvalue weighted by Gasteiger charge is -2.23. The molecule has 0 fully saturated rings. The number of benzene rings is 3. The molecular formula is C33H35NO5. The SMILES string of the molecule is C=CCc1ccc(OC(=O)C=CC(=O)OC)c(-c2cc(CC=C)ccc2OC(CCNC)c2ccccc2)c1. The van der Waals surface area contributed by atoms with Crippen LogP contribution in [0.5, 0.6) is 11.5 Å². The standard InChI is InChI=1S/C33H35NO5/c1-5-10-24-14-16-30(38-29(20-21-34-3)26-12-8-7-9-13-26)27(22-24)28-23-25(11-6-2)15-17-31(28)39-33(36)19-18-32(35)37-4/h5-9,12-19,22-23,29,34H,1-2,10-11,20-21H2,3-4H3. The van der Waals surface area contributed by atoms with E-state index in [4.69, 9.17) is 9.47 Å². The number of carbonyl (C=O) groups is 2. The second kappa shape index (κ2) is 15.1. The van der Waals surface area contributed by atoms with Crippen molar-refractivity contribution in [2.45, 2.75) is 25.4 Å². The van der Waals surface area contributed by atoms with Gasteiger partial charge in [-0.25, -0.2) is 9.59 Å². The van der Waals surface area contributed by atoms with Crippen LogP contribution in [0, 0.1) is 0 Å². The number of carbonyl (C=O) groups excluding carboxylic acids is 2. The molecule has 0 spiro atoms. The van der Waals surface area contributed by atoms with Crippen LogP contribution in [0.1, 0.15) is 29.2 Å². The van der Waals surface area contributed by atoms with E-state index < -0.39 is 11.9 Å². The largest absolute Gasteiger partial charge is 0.485 e. The van der Waals surface area contributed by atoms with Crippen LogP contribution in [0.4, 0.5) is 0 Å². The molecule has 0 aliphatic heterocycles. The van der Waals surface area contributed by atoms with E-state index in [-0.39, 0.29) is 6.10 Å². The van der Waals surface area contributed by atoms with Crippen molar-refractivity contribution in [3.63, 3.8) is 0 Å². The molecular weight excluding hydrogens is 490 g/mol. The smallest absolute Gasteiger partial charge is 0.336 e. The van der Waals surface area contributed by atoms with Crippen LogP contribution in [0.3, 0.4) is 0 Å². The fourth-order valence-corrected chi connectivity index (χ4v) is 4.09. The van der Waals surface area contributed by atoms with Gasteiger partial charge in [0.15, 0.2) is 0 Å². The van der Waals surface area contributed by atoms with Gasteiger partial charge in [0.2, 0.25) is 0 Å². The first-order valence-corrected chi connectivity index (χ1v) is 12.8. The molecule has 3 aromatic carbocycles. The van der Waals surface area contributed by atoms with Gasteiger partial charge in [0.05, 0.1) is 7.11 Å². The molecule has 3 aromatic rings. The minimum absolute atomic E-state index is 0.201. The quantitative estimate of drug-likeness (QED) is 0.117. The number of hydrogen-bond acceptors (Lipinski definition) is 6. The Balaban J connectivity index is 2.11. The highest BCUT2D eigenvalue weighted by Crippen LogP contribution is 2.40. The van der Waals surface area contributed by atoms with Gasteiger partial charge in [0.25, 0.3) is 0 Å². The number of ether oxygens (including phenoxy) is 3. The minimum Gasteiger partial charge on any atom is -0.485 e. The molecule has 202 valence electrons. The molecule has 3 rings (SSSR count). The number of allylic oxidation sites excluding steroid dienone is 2. The van der Waals surface area contributed by atoms with Gasteiger partial charge in [-0.3, -0.25) is 0 Å². The van der Waals surface area contributed by atoms with E-state index >= 15 is 0 Å². The molecule has 6 heteroatoms. The first kappa shape index (κ1) is 29.1. The third-order valence-corrected chi connectivity index (χ3v) is 6.00. The molecule has 0 heterocycles. The van der Waals surface area contributed by atoms with Crippen molar-refractivity contribution in [3.05, 3.63) is 121 Å². The zero-order valence-electron chi connectivity index (χ0n) is 22.5. The van der Waals surface area contributed by atoms with Crippen LogP contribution >= 0.6 is 0 Å².